The summed E-state index contributed by atoms with van der Waals surface area (Å²) in [5.74, 6) is 0. The molecular weight excluding hydrogens is 1120 g/mol. The standard InChI is InChI=1S/C44H79O35P/c1-14-32(78-80(61,62)79-38-19(12-49)71-41(66-5)27(56)25(38)54)30(59)36(17(10-47)69-14)76-43-29(58)24(53)37(20(74-43)13-68-42-28(57)22(51)33(63-2)15(8-45)72-42)77-44-39(31(60)34(64-3)16(9-46)73-44)67-7-6-21(50)75-35-18(11-48)70-40(65-4)26(55)23(35)52/h14-60H,6-13H2,1-5H3,(H,61,62). The first kappa shape index (κ1) is 68.0. The fourth-order valence-electron chi connectivity index (χ4n) is 10.2. The molecule has 80 heavy (non-hydrogen) atoms. The second-order valence-electron chi connectivity index (χ2n) is 19.6. The van der Waals surface area contributed by atoms with Crippen LogP contribution in [0.2, 0.25) is 0 Å². The molecule has 0 radical (unpaired) electrons. The van der Waals surface area contributed by atoms with Crippen LogP contribution in [0.4, 0.5) is 0 Å². The molecule has 6 aliphatic rings. The van der Waals surface area contributed by atoms with Crippen LogP contribution in [0.5, 0.6) is 0 Å². The number of rotatable bonds is 26. The predicted molar refractivity (Wildman–Crippen MR) is 249 cm³/mol. The van der Waals surface area contributed by atoms with E-state index in [9.17, 15) is 91.2 Å². The molecule has 6 fully saturated rings. The summed E-state index contributed by atoms with van der Waals surface area (Å²) in [6, 6.07) is 0. The van der Waals surface area contributed by atoms with Gasteiger partial charge in [-0.25, -0.2) is 4.57 Å². The molecule has 470 valence electrons. The highest BCUT2D eigenvalue weighted by Gasteiger charge is 2.57. The average Bonchev–Trinajstić information content (AvgIpc) is 3.53. The molecule has 36 heteroatoms. The molecule has 0 aliphatic carbocycles. The van der Waals surface area contributed by atoms with Crippen molar-refractivity contribution in [3.05, 3.63) is 0 Å². The van der Waals surface area contributed by atoms with Crippen molar-refractivity contribution in [3.63, 3.8) is 0 Å². The van der Waals surface area contributed by atoms with E-state index in [1.807, 2.05) is 0 Å². The smallest absolute Gasteiger partial charge is 0.394 e. The minimum absolute atomic E-state index is 0.457. The van der Waals surface area contributed by atoms with Crippen molar-refractivity contribution in [2.24, 2.45) is 0 Å². The van der Waals surface area contributed by atoms with Crippen LogP contribution < -0.4 is 0 Å². The molecule has 6 saturated heterocycles. The van der Waals surface area contributed by atoms with E-state index in [0.717, 1.165) is 7.11 Å². The van der Waals surface area contributed by atoms with E-state index in [4.69, 9.17) is 80.1 Å². The number of ether oxygens (including phenoxy) is 15. The van der Waals surface area contributed by atoms with Crippen molar-refractivity contribution in [2.75, 3.05) is 74.7 Å². The Labute approximate surface area is 456 Å². The van der Waals surface area contributed by atoms with Crippen molar-refractivity contribution in [1.29, 1.82) is 0 Å². The minimum atomic E-state index is -5.51. The molecule has 0 saturated carbocycles. The number of aliphatic hydroxyl groups is 16. The lowest BCUT2D eigenvalue weighted by Gasteiger charge is -2.49. The van der Waals surface area contributed by atoms with Gasteiger partial charge >= 0.3 is 7.82 Å². The normalized spacial score (nSPS) is 47.9. The molecule has 0 aromatic carbocycles. The molecule has 6 heterocycles. The lowest BCUT2D eigenvalue weighted by Crippen LogP contribution is -2.67. The maximum absolute atomic E-state index is 13.6. The zero-order valence-corrected chi connectivity index (χ0v) is 44.8. The van der Waals surface area contributed by atoms with E-state index >= 15 is 0 Å². The highest BCUT2D eigenvalue weighted by molar-refractivity contribution is 7.47. The molecule has 0 aromatic heterocycles. The maximum atomic E-state index is 13.6. The van der Waals surface area contributed by atoms with Crippen molar-refractivity contribution in [1.82, 2.24) is 0 Å². The van der Waals surface area contributed by atoms with Gasteiger partial charge in [0.15, 0.2) is 37.7 Å². The quantitative estimate of drug-likeness (QED) is 0.0282. The molecule has 0 bridgehead atoms. The number of phosphoric ester groups is 1. The van der Waals surface area contributed by atoms with Gasteiger partial charge in [-0.1, -0.05) is 0 Å². The van der Waals surface area contributed by atoms with E-state index in [1.165, 1.54) is 28.3 Å². The molecule has 35 nitrogen and oxygen atoms in total. The highest BCUT2D eigenvalue weighted by Crippen LogP contribution is 2.50. The average molecular weight is 1200 g/mol. The Kier molecular flexibility index (Phi) is 25.9. The van der Waals surface area contributed by atoms with Crippen LogP contribution in [0.1, 0.15) is 13.3 Å². The number of hydrogen-bond acceptors (Lipinski definition) is 34. The zero-order chi connectivity index (χ0) is 59.1. The van der Waals surface area contributed by atoms with Crippen LogP contribution in [-0.2, 0) is 84.7 Å². The van der Waals surface area contributed by atoms with Gasteiger partial charge < -0.3 is 158 Å². The first-order chi connectivity index (χ1) is 38.0. The van der Waals surface area contributed by atoms with E-state index in [0.29, 0.717) is 0 Å². The maximum Gasteiger partial charge on any atom is 0.473 e. The predicted octanol–water partition coefficient (Wildman–Crippen LogP) is -10.6. The molecule has 0 spiro atoms. The van der Waals surface area contributed by atoms with Gasteiger partial charge in [0, 0.05) is 34.9 Å². The van der Waals surface area contributed by atoms with Gasteiger partial charge in [-0.15, -0.1) is 0 Å². The number of methoxy groups -OCH3 is 4. The Hall–Kier alpha value is -1.13. The molecule has 32 unspecified atom stereocenters. The van der Waals surface area contributed by atoms with Gasteiger partial charge in [-0.3, -0.25) is 9.05 Å². The van der Waals surface area contributed by atoms with Crippen molar-refractivity contribution in [3.8, 4) is 0 Å². The third kappa shape index (κ3) is 15.3. The van der Waals surface area contributed by atoms with Crippen LogP contribution in [0.25, 0.3) is 0 Å². The summed E-state index contributed by atoms with van der Waals surface area (Å²) in [6.07, 6.45) is -53.9. The van der Waals surface area contributed by atoms with Crippen molar-refractivity contribution < 1.29 is 171 Å². The molecule has 17 N–H and O–H groups in total. The molecule has 6 rings (SSSR count). The van der Waals surface area contributed by atoms with Crippen molar-refractivity contribution in [2.45, 2.75) is 204 Å². The third-order valence-corrected chi connectivity index (χ3v) is 15.5. The summed E-state index contributed by atoms with van der Waals surface area (Å²) in [5.41, 5.74) is 0. The van der Waals surface area contributed by atoms with E-state index in [-0.39, 0.29) is 0 Å². The Morgan fingerprint density at radius 1 is 0.412 bits per heavy atom. The number of aliphatic hydroxyl groups excluding tert-OH is 16. The Bertz CT molecular complexity index is 1870. The highest BCUT2D eigenvalue weighted by atomic mass is 31.2. The monoisotopic (exact) mass is 1200 g/mol. The zero-order valence-electron chi connectivity index (χ0n) is 44.0. The topological polar surface area (TPSA) is 518 Å². The summed E-state index contributed by atoms with van der Waals surface area (Å²) in [7, 11) is -0.862. The Morgan fingerprint density at radius 3 is 1.35 bits per heavy atom. The summed E-state index contributed by atoms with van der Waals surface area (Å²) in [5, 5.41) is 173. The van der Waals surface area contributed by atoms with Crippen LogP contribution in [0, 0.1) is 0 Å². The van der Waals surface area contributed by atoms with E-state index < -0.39 is 251 Å². The molecule has 0 amide bonds. The van der Waals surface area contributed by atoms with Gasteiger partial charge in [-0.2, -0.15) is 0 Å². The Morgan fingerprint density at radius 2 is 0.800 bits per heavy atom. The first-order valence-electron chi connectivity index (χ1n) is 25.4. The van der Waals surface area contributed by atoms with Crippen LogP contribution in [-0.4, -0.2) is 352 Å². The fraction of sp³-hybridized carbons (Fsp3) is 1.00. The minimum Gasteiger partial charge on any atom is -0.394 e. The lowest BCUT2D eigenvalue weighted by atomic mass is 9.94. The third-order valence-electron chi connectivity index (χ3n) is 14.5. The van der Waals surface area contributed by atoms with Crippen LogP contribution in [0.3, 0.4) is 0 Å². The largest absolute Gasteiger partial charge is 0.473 e. The Balaban J connectivity index is 1.23. The molecule has 6 aliphatic heterocycles. The van der Waals surface area contributed by atoms with Crippen LogP contribution >= 0.6 is 7.82 Å². The van der Waals surface area contributed by atoms with Gasteiger partial charge in [0.25, 0.3) is 0 Å². The molecule has 0 aromatic rings. The summed E-state index contributed by atoms with van der Waals surface area (Å²) in [4.78, 5) is 10.9. The number of phosphoric acid groups is 1. The summed E-state index contributed by atoms with van der Waals surface area (Å²) >= 11 is 0. The summed E-state index contributed by atoms with van der Waals surface area (Å²) in [6.45, 7) is -4.31. The van der Waals surface area contributed by atoms with Gasteiger partial charge in [0.05, 0.1) is 52.4 Å². The fourth-order valence-corrected chi connectivity index (χ4v) is 11.4. The summed E-state index contributed by atoms with van der Waals surface area (Å²) < 4.78 is 108. The SMILES string of the molecule is COC1OC(CO)C(OC(O)CCOC2C(OC3C(COC4OC(CO)C(OC)C(O)C4O)OC(OC4C(CO)OC(C)C(OP(=O)(O)OC5C(CO)OC(OC)C(O)C5O)C4O)C(O)C3O)OC(CO)C(OC)C2O)C(O)C1O. The van der Waals surface area contributed by atoms with Crippen molar-refractivity contribution >= 4 is 7.82 Å². The van der Waals surface area contributed by atoms with E-state index in [1.54, 1.807) is 0 Å². The number of hydrogen-bond donors (Lipinski definition) is 17. The van der Waals surface area contributed by atoms with Gasteiger partial charge in [0.2, 0.25) is 0 Å². The molecule has 32 atom stereocenters. The van der Waals surface area contributed by atoms with Gasteiger partial charge in [-0.05, 0) is 6.92 Å². The lowest BCUT2D eigenvalue weighted by molar-refractivity contribution is -0.381. The second kappa shape index (κ2) is 30.5. The van der Waals surface area contributed by atoms with Crippen LogP contribution in [0.15, 0.2) is 0 Å². The van der Waals surface area contributed by atoms with Gasteiger partial charge in [0.1, 0.15) is 146 Å². The van der Waals surface area contributed by atoms with E-state index in [2.05, 4.69) is 0 Å². The molecular formula is C44H79O35P. The second-order valence-corrected chi connectivity index (χ2v) is 21.0. The first-order valence-corrected chi connectivity index (χ1v) is 26.9.